The van der Waals surface area contributed by atoms with Crippen LogP contribution in [0, 0.1) is 0 Å². The van der Waals surface area contributed by atoms with Crippen molar-refractivity contribution in [3.8, 4) is 0 Å². The largest absolute Gasteiger partial charge is 0.323 e. The van der Waals surface area contributed by atoms with Crippen LogP contribution in [0.4, 0.5) is 0 Å². The molecule has 0 saturated carbocycles. The van der Waals surface area contributed by atoms with Crippen molar-refractivity contribution in [3.05, 3.63) is 64.6 Å². The van der Waals surface area contributed by atoms with Crippen molar-refractivity contribution in [2.45, 2.75) is 23.1 Å². The fourth-order valence-electron chi connectivity index (χ4n) is 1.89. The first kappa shape index (κ1) is 14.4. The first-order chi connectivity index (χ1) is 9.09. The van der Waals surface area contributed by atoms with Gasteiger partial charge in [-0.1, -0.05) is 52.3 Å². The molecule has 0 fully saturated rings. The minimum Gasteiger partial charge on any atom is -0.323 e. The summed E-state index contributed by atoms with van der Waals surface area (Å²) in [4.78, 5) is 0.799. The maximum absolute atomic E-state index is 12.5. The maximum atomic E-state index is 12.5. The Labute approximate surface area is 124 Å². The summed E-state index contributed by atoms with van der Waals surface area (Å²) in [7, 11) is -1.12. The molecule has 0 amide bonds. The van der Waals surface area contributed by atoms with Crippen LogP contribution in [0.2, 0.25) is 0 Å². The molecule has 4 heteroatoms. The predicted octanol–water partition coefficient (Wildman–Crippen LogP) is 3.65. The van der Waals surface area contributed by atoms with Gasteiger partial charge in [-0.3, -0.25) is 4.21 Å². The summed E-state index contributed by atoms with van der Waals surface area (Å²) < 4.78 is 13.5. The van der Waals surface area contributed by atoms with Crippen LogP contribution in [0.5, 0.6) is 0 Å². The van der Waals surface area contributed by atoms with Gasteiger partial charge in [0.2, 0.25) is 0 Å². The SMILES string of the molecule is CC(C(N)c1ccccc1)S(=O)c1cccc(Br)c1. The number of nitrogens with two attached hydrogens (primary N) is 1. The van der Waals surface area contributed by atoms with E-state index in [0.29, 0.717) is 0 Å². The standard InChI is InChI=1S/C15H16BrNOS/c1-11(15(17)12-6-3-2-4-7-12)19(18)14-9-5-8-13(16)10-14/h2-11,15H,17H2,1H3. The fraction of sp³-hybridized carbons (Fsp3) is 0.200. The third-order valence-corrected chi connectivity index (χ3v) is 5.24. The molecule has 0 heterocycles. The van der Waals surface area contributed by atoms with E-state index in [1.54, 1.807) is 0 Å². The highest BCUT2D eigenvalue weighted by molar-refractivity contribution is 9.10. The van der Waals surface area contributed by atoms with Crippen LogP contribution < -0.4 is 5.73 Å². The molecular weight excluding hydrogens is 322 g/mol. The maximum Gasteiger partial charge on any atom is 0.0577 e. The van der Waals surface area contributed by atoms with E-state index in [4.69, 9.17) is 5.73 Å². The molecule has 0 spiro atoms. The monoisotopic (exact) mass is 337 g/mol. The lowest BCUT2D eigenvalue weighted by atomic mass is 10.1. The molecule has 2 aromatic carbocycles. The minimum atomic E-state index is -1.12. The molecule has 0 aliphatic carbocycles. The number of rotatable bonds is 4. The van der Waals surface area contributed by atoms with Gasteiger partial charge in [-0.05, 0) is 30.7 Å². The van der Waals surface area contributed by atoms with Gasteiger partial charge in [0, 0.05) is 15.4 Å². The summed E-state index contributed by atoms with van der Waals surface area (Å²) in [5.41, 5.74) is 7.22. The van der Waals surface area contributed by atoms with E-state index in [1.807, 2.05) is 61.5 Å². The minimum absolute atomic E-state index is 0.142. The molecular formula is C15H16BrNOS. The Morgan fingerprint density at radius 2 is 1.79 bits per heavy atom. The third-order valence-electron chi connectivity index (χ3n) is 3.06. The number of benzene rings is 2. The van der Waals surface area contributed by atoms with Crippen molar-refractivity contribution < 1.29 is 4.21 Å². The quantitative estimate of drug-likeness (QED) is 0.925. The Balaban J connectivity index is 2.20. The van der Waals surface area contributed by atoms with Gasteiger partial charge in [0.25, 0.3) is 0 Å². The number of halogens is 1. The van der Waals surface area contributed by atoms with Crippen molar-refractivity contribution in [1.29, 1.82) is 0 Å². The molecule has 100 valence electrons. The second kappa shape index (κ2) is 6.46. The second-order valence-electron chi connectivity index (χ2n) is 4.40. The first-order valence-electron chi connectivity index (χ1n) is 6.06. The molecule has 0 bridgehead atoms. The Bertz CT molecular complexity index is 573. The summed E-state index contributed by atoms with van der Waals surface area (Å²) in [6.45, 7) is 1.93. The van der Waals surface area contributed by atoms with Crippen LogP contribution in [0.15, 0.2) is 64.0 Å². The Kier molecular flexibility index (Phi) is 4.91. The zero-order valence-corrected chi connectivity index (χ0v) is 13.0. The summed E-state index contributed by atoms with van der Waals surface area (Å²) in [6.07, 6.45) is 0. The molecule has 2 aromatic rings. The second-order valence-corrected chi connectivity index (χ2v) is 7.12. The van der Waals surface area contributed by atoms with E-state index in [2.05, 4.69) is 15.9 Å². The lowest BCUT2D eigenvalue weighted by molar-refractivity contribution is 0.643. The zero-order valence-electron chi connectivity index (χ0n) is 10.6. The van der Waals surface area contributed by atoms with Gasteiger partial charge in [0.15, 0.2) is 0 Å². The molecule has 2 nitrogen and oxygen atoms in total. The van der Waals surface area contributed by atoms with Gasteiger partial charge in [0.1, 0.15) is 0 Å². The number of hydrogen-bond donors (Lipinski definition) is 1. The van der Waals surface area contributed by atoms with Gasteiger partial charge < -0.3 is 5.73 Å². The molecule has 0 radical (unpaired) electrons. The van der Waals surface area contributed by atoms with E-state index in [9.17, 15) is 4.21 Å². The van der Waals surface area contributed by atoms with Crippen LogP contribution in [-0.4, -0.2) is 9.46 Å². The average molecular weight is 338 g/mol. The Hall–Kier alpha value is -0.970. The van der Waals surface area contributed by atoms with Crippen LogP contribution in [-0.2, 0) is 10.8 Å². The van der Waals surface area contributed by atoms with Crippen LogP contribution in [0.1, 0.15) is 18.5 Å². The van der Waals surface area contributed by atoms with E-state index in [-0.39, 0.29) is 11.3 Å². The highest BCUT2D eigenvalue weighted by atomic mass is 79.9. The van der Waals surface area contributed by atoms with Crippen molar-refractivity contribution in [2.24, 2.45) is 5.73 Å². The summed E-state index contributed by atoms with van der Waals surface area (Å²) in [5, 5.41) is -0.142. The highest BCUT2D eigenvalue weighted by Crippen LogP contribution is 2.23. The van der Waals surface area contributed by atoms with E-state index >= 15 is 0 Å². The molecule has 2 N–H and O–H groups in total. The van der Waals surface area contributed by atoms with Crippen molar-refractivity contribution in [3.63, 3.8) is 0 Å². The van der Waals surface area contributed by atoms with E-state index < -0.39 is 10.8 Å². The Morgan fingerprint density at radius 3 is 2.42 bits per heavy atom. The molecule has 3 atom stereocenters. The van der Waals surface area contributed by atoms with Crippen molar-refractivity contribution in [1.82, 2.24) is 0 Å². The van der Waals surface area contributed by atoms with Crippen LogP contribution in [0.25, 0.3) is 0 Å². The van der Waals surface area contributed by atoms with E-state index in [1.165, 1.54) is 0 Å². The average Bonchev–Trinajstić information content (AvgIpc) is 2.46. The smallest absolute Gasteiger partial charge is 0.0577 e. The van der Waals surface area contributed by atoms with Gasteiger partial charge in [0.05, 0.1) is 16.0 Å². The summed E-state index contributed by atoms with van der Waals surface area (Å²) in [6, 6.07) is 17.1. The topological polar surface area (TPSA) is 43.1 Å². The van der Waals surface area contributed by atoms with Gasteiger partial charge in [-0.15, -0.1) is 0 Å². The number of hydrogen-bond acceptors (Lipinski definition) is 2. The molecule has 0 saturated heterocycles. The summed E-state index contributed by atoms with van der Waals surface area (Å²) in [5.74, 6) is 0. The van der Waals surface area contributed by atoms with Crippen LogP contribution in [0.3, 0.4) is 0 Å². The highest BCUT2D eigenvalue weighted by Gasteiger charge is 2.22. The molecule has 0 aliphatic heterocycles. The lowest BCUT2D eigenvalue weighted by Crippen LogP contribution is -2.27. The van der Waals surface area contributed by atoms with Crippen molar-refractivity contribution in [2.75, 3.05) is 0 Å². The van der Waals surface area contributed by atoms with Crippen molar-refractivity contribution >= 4 is 26.7 Å². The molecule has 0 aliphatic rings. The van der Waals surface area contributed by atoms with Gasteiger partial charge in [-0.2, -0.15) is 0 Å². The predicted molar refractivity (Wildman–Crippen MR) is 83.4 cm³/mol. The molecule has 19 heavy (non-hydrogen) atoms. The Morgan fingerprint density at radius 1 is 1.11 bits per heavy atom. The lowest BCUT2D eigenvalue weighted by Gasteiger charge is -2.20. The first-order valence-corrected chi connectivity index (χ1v) is 8.07. The van der Waals surface area contributed by atoms with E-state index in [0.717, 1.165) is 14.9 Å². The molecule has 2 rings (SSSR count). The van der Waals surface area contributed by atoms with Gasteiger partial charge >= 0.3 is 0 Å². The third kappa shape index (κ3) is 3.53. The van der Waals surface area contributed by atoms with Crippen LogP contribution >= 0.6 is 15.9 Å². The normalized spacial score (nSPS) is 15.7. The fourth-order valence-corrected chi connectivity index (χ4v) is 3.75. The zero-order chi connectivity index (χ0) is 13.8. The molecule has 3 unspecified atom stereocenters. The summed E-state index contributed by atoms with van der Waals surface area (Å²) >= 11 is 3.40. The molecule has 0 aromatic heterocycles. The van der Waals surface area contributed by atoms with Gasteiger partial charge in [-0.25, -0.2) is 0 Å².